The summed E-state index contributed by atoms with van der Waals surface area (Å²) in [5.41, 5.74) is 0.970. The Balaban J connectivity index is 1.59. The van der Waals surface area contributed by atoms with Gasteiger partial charge in [0.2, 0.25) is 5.89 Å². The van der Waals surface area contributed by atoms with Crippen molar-refractivity contribution in [3.63, 3.8) is 0 Å². The maximum absolute atomic E-state index is 5.67. The van der Waals surface area contributed by atoms with Gasteiger partial charge in [-0.2, -0.15) is 0 Å². The maximum atomic E-state index is 5.67. The summed E-state index contributed by atoms with van der Waals surface area (Å²) >= 11 is 1.64. The average molecular weight is 275 g/mol. The standard InChI is InChI=1S/C14H17N3OS/c1-2-6-11(7-3-1)13-16-17-14(18-13)19-10-12-8-4-5-9-15-12/h1-3,6-7,12,15H,4-5,8-10H2/t12-/m0/s1. The van der Waals surface area contributed by atoms with Gasteiger partial charge in [-0.25, -0.2) is 0 Å². The highest BCUT2D eigenvalue weighted by Gasteiger charge is 2.15. The van der Waals surface area contributed by atoms with Gasteiger partial charge in [0.1, 0.15) is 0 Å². The summed E-state index contributed by atoms with van der Waals surface area (Å²) in [6.45, 7) is 1.13. The van der Waals surface area contributed by atoms with Gasteiger partial charge in [0.15, 0.2) is 0 Å². The van der Waals surface area contributed by atoms with Gasteiger partial charge < -0.3 is 9.73 Å². The van der Waals surface area contributed by atoms with Crippen molar-refractivity contribution < 1.29 is 4.42 Å². The molecule has 1 aliphatic heterocycles. The molecule has 2 aromatic rings. The van der Waals surface area contributed by atoms with Crippen LogP contribution in [0.15, 0.2) is 40.0 Å². The number of rotatable bonds is 4. The van der Waals surface area contributed by atoms with Crippen molar-refractivity contribution in [2.75, 3.05) is 12.3 Å². The minimum absolute atomic E-state index is 0.575. The lowest BCUT2D eigenvalue weighted by Gasteiger charge is -2.22. The second-order valence-corrected chi connectivity index (χ2v) is 5.67. The van der Waals surface area contributed by atoms with Gasteiger partial charge in [-0.1, -0.05) is 36.4 Å². The van der Waals surface area contributed by atoms with Crippen molar-refractivity contribution in [1.82, 2.24) is 15.5 Å². The van der Waals surface area contributed by atoms with Gasteiger partial charge in [-0.15, -0.1) is 10.2 Å². The third-order valence-corrected chi connectivity index (χ3v) is 4.23. The van der Waals surface area contributed by atoms with E-state index in [9.17, 15) is 0 Å². The smallest absolute Gasteiger partial charge is 0.276 e. The molecule has 1 fully saturated rings. The molecular formula is C14H17N3OS. The fourth-order valence-electron chi connectivity index (χ4n) is 2.20. The zero-order valence-corrected chi connectivity index (χ0v) is 11.5. The summed E-state index contributed by atoms with van der Waals surface area (Å²) in [7, 11) is 0. The fraction of sp³-hybridized carbons (Fsp3) is 0.429. The molecule has 0 radical (unpaired) electrons. The molecule has 0 spiro atoms. The van der Waals surface area contributed by atoms with Crippen molar-refractivity contribution in [2.45, 2.75) is 30.5 Å². The SMILES string of the molecule is c1ccc(-c2nnc(SC[C@@H]3CCCCN3)o2)cc1. The first-order valence-corrected chi connectivity index (χ1v) is 7.65. The van der Waals surface area contributed by atoms with Gasteiger partial charge in [0.05, 0.1) is 0 Å². The van der Waals surface area contributed by atoms with Crippen LogP contribution < -0.4 is 5.32 Å². The van der Waals surface area contributed by atoms with Crippen LogP contribution in [0, 0.1) is 0 Å². The van der Waals surface area contributed by atoms with Crippen LogP contribution in [0.1, 0.15) is 19.3 Å². The Labute approximate surface area is 117 Å². The topological polar surface area (TPSA) is 51.0 Å². The van der Waals surface area contributed by atoms with E-state index < -0.39 is 0 Å². The second-order valence-electron chi connectivity index (χ2n) is 4.70. The molecule has 1 atom stereocenters. The van der Waals surface area contributed by atoms with Gasteiger partial charge in [0, 0.05) is 17.4 Å². The van der Waals surface area contributed by atoms with Gasteiger partial charge in [0.25, 0.3) is 5.22 Å². The molecule has 0 aliphatic carbocycles. The summed E-state index contributed by atoms with van der Waals surface area (Å²) in [4.78, 5) is 0. The van der Waals surface area contributed by atoms with Crippen LogP contribution in [0.25, 0.3) is 11.5 Å². The Morgan fingerprint density at radius 3 is 2.89 bits per heavy atom. The van der Waals surface area contributed by atoms with E-state index in [2.05, 4.69) is 15.5 Å². The molecule has 5 heteroatoms. The van der Waals surface area contributed by atoms with Crippen LogP contribution in [0.5, 0.6) is 0 Å². The number of nitrogens with one attached hydrogen (secondary N) is 1. The Morgan fingerprint density at radius 2 is 2.11 bits per heavy atom. The lowest BCUT2D eigenvalue weighted by atomic mass is 10.1. The second kappa shape index (κ2) is 6.21. The van der Waals surface area contributed by atoms with Crippen LogP contribution in [0.4, 0.5) is 0 Å². The number of benzene rings is 1. The van der Waals surface area contributed by atoms with Crippen molar-refractivity contribution in [3.8, 4) is 11.5 Å². The monoisotopic (exact) mass is 275 g/mol. The molecule has 4 nitrogen and oxygen atoms in total. The Morgan fingerprint density at radius 1 is 1.21 bits per heavy atom. The first-order valence-electron chi connectivity index (χ1n) is 6.67. The molecule has 19 heavy (non-hydrogen) atoms. The van der Waals surface area contributed by atoms with Crippen molar-refractivity contribution in [1.29, 1.82) is 0 Å². The predicted octanol–water partition coefficient (Wildman–Crippen LogP) is 2.97. The molecule has 1 aliphatic rings. The third-order valence-electron chi connectivity index (χ3n) is 3.25. The summed E-state index contributed by atoms with van der Waals surface area (Å²) in [6, 6.07) is 10.4. The van der Waals surface area contributed by atoms with Gasteiger partial charge >= 0.3 is 0 Å². The summed E-state index contributed by atoms with van der Waals surface area (Å²) in [5, 5.41) is 12.4. The molecule has 3 rings (SSSR count). The van der Waals surface area contributed by atoms with Crippen LogP contribution in [0.3, 0.4) is 0 Å². The lowest BCUT2D eigenvalue weighted by Crippen LogP contribution is -2.35. The number of thioether (sulfide) groups is 1. The van der Waals surface area contributed by atoms with Gasteiger partial charge in [-0.05, 0) is 31.5 Å². The molecule has 0 bridgehead atoms. The molecule has 0 amide bonds. The van der Waals surface area contributed by atoms with Crippen molar-refractivity contribution in [2.24, 2.45) is 0 Å². The van der Waals surface area contributed by atoms with E-state index >= 15 is 0 Å². The summed E-state index contributed by atoms with van der Waals surface area (Å²) in [6.07, 6.45) is 3.85. The largest absolute Gasteiger partial charge is 0.411 e. The van der Waals surface area contributed by atoms with Crippen LogP contribution in [-0.2, 0) is 0 Å². The highest BCUT2D eigenvalue weighted by molar-refractivity contribution is 7.99. The van der Waals surface area contributed by atoms with E-state index in [1.54, 1.807) is 11.8 Å². The average Bonchev–Trinajstić information content (AvgIpc) is 2.96. The van der Waals surface area contributed by atoms with Gasteiger partial charge in [-0.3, -0.25) is 0 Å². The number of nitrogens with zero attached hydrogens (tertiary/aromatic N) is 2. The zero-order valence-electron chi connectivity index (χ0n) is 10.7. The number of hydrogen-bond donors (Lipinski definition) is 1. The Kier molecular flexibility index (Phi) is 4.15. The van der Waals surface area contributed by atoms with Crippen LogP contribution >= 0.6 is 11.8 Å². The molecule has 0 saturated carbocycles. The van der Waals surface area contributed by atoms with E-state index in [0.717, 1.165) is 17.9 Å². The molecule has 0 unspecified atom stereocenters. The maximum Gasteiger partial charge on any atom is 0.276 e. The molecular weight excluding hydrogens is 258 g/mol. The molecule has 1 aromatic carbocycles. The first kappa shape index (κ1) is 12.7. The third kappa shape index (κ3) is 3.36. The first-order chi connectivity index (χ1) is 9.42. The molecule has 1 aromatic heterocycles. The minimum atomic E-state index is 0.575. The number of aromatic nitrogens is 2. The van der Waals surface area contributed by atoms with E-state index in [1.807, 2.05) is 30.3 Å². The van der Waals surface area contributed by atoms with E-state index in [0.29, 0.717) is 17.2 Å². The summed E-state index contributed by atoms with van der Waals surface area (Å²) < 4.78 is 5.67. The number of piperidine rings is 1. The minimum Gasteiger partial charge on any atom is -0.411 e. The molecule has 2 heterocycles. The Hall–Kier alpha value is -1.33. The highest BCUT2D eigenvalue weighted by atomic mass is 32.2. The normalized spacial score (nSPS) is 19.5. The van der Waals surface area contributed by atoms with Crippen LogP contribution in [0.2, 0.25) is 0 Å². The number of hydrogen-bond acceptors (Lipinski definition) is 5. The van der Waals surface area contributed by atoms with E-state index in [-0.39, 0.29) is 0 Å². The Bertz CT molecular complexity index is 508. The fourth-order valence-corrected chi connectivity index (χ4v) is 3.07. The quantitative estimate of drug-likeness (QED) is 0.869. The van der Waals surface area contributed by atoms with Crippen molar-refractivity contribution >= 4 is 11.8 Å². The molecule has 100 valence electrons. The zero-order chi connectivity index (χ0) is 12.9. The van der Waals surface area contributed by atoms with E-state index in [4.69, 9.17) is 4.42 Å². The van der Waals surface area contributed by atoms with Crippen molar-refractivity contribution in [3.05, 3.63) is 30.3 Å². The van der Waals surface area contributed by atoms with E-state index in [1.165, 1.54) is 19.3 Å². The summed E-state index contributed by atoms with van der Waals surface area (Å²) in [5.74, 6) is 1.59. The molecule has 1 N–H and O–H groups in total. The lowest BCUT2D eigenvalue weighted by molar-refractivity contribution is 0.426. The van der Waals surface area contributed by atoms with Crippen LogP contribution in [-0.4, -0.2) is 28.5 Å². The molecule has 1 saturated heterocycles. The highest BCUT2D eigenvalue weighted by Crippen LogP contribution is 2.24. The predicted molar refractivity (Wildman–Crippen MR) is 76.1 cm³/mol.